The van der Waals surface area contributed by atoms with Crippen LogP contribution in [0.5, 0.6) is 5.75 Å². The second-order valence-electron chi connectivity index (χ2n) is 13.9. The molecule has 3 N–H and O–H groups in total. The zero-order chi connectivity index (χ0) is 38.9. The Morgan fingerprint density at radius 2 is 1.54 bits per heavy atom. The van der Waals surface area contributed by atoms with Gasteiger partial charge in [0, 0.05) is 55.8 Å². The van der Waals surface area contributed by atoms with E-state index in [0.717, 1.165) is 44.1 Å². The van der Waals surface area contributed by atoms with E-state index in [2.05, 4.69) is 19.2 Å². The summed E-state index contributed by atoms with van der Waals surface area (Å²) >= 11 is 6.40. The number of methoxy groups -OCH3 is 1. The van der Waals surface area contributed by atoms with Crippen LogP contribution in [-0.2, 0) is 20.9 Å². The zero-order valence-electron chi connectivity index (χ0n) is 32.1. The summed E-state index contributed by atoms with van der Waals surface area (Å²) < 4.78 is 5.51. The molecule has 292 valence electrons. The van der Waals surface area contributed by atoms with Crippen molar-refractivity contribution in [3.8, 4) is 5.75 Å². The van der Waals surface area contributed by atoms with E-state index in [0.29, 0.717) is 54.7 Å². The average Bonchev–Trinajstić information content (AvgIpc) is 3.17. The van der Waals surface area contributed by atoms with Crippen LogP contribution in [0.1, 0.15) is 70.8 Å². The minimum atomic E-state index is -0.919. The first kappa shape index (κ1) is 42.1. The minimum absolute atomic E-state index is 0.0178. The largest absolute Gasteiger partial charge is 0.496 e. The number of carbonyl (C=O) groups is 4. The van der Waals surface area contributed by atoms with Crippen molar-refractivity contribution in [2.75, 3.05) is 51.3 Å². The first-order valence-electron chi connectivity index (χ1n) is 19.3. The van der Waals surface area contributed by atoms with Gasteiger partial charge < -0.3 is 25.6 Å². The third kappa shape index (κ3) is 12.2. The quantitative estimate of drug-likeness (QED) is 0.119. The summed E-state index contributed by atoms with van der Waals surface area (Å²) in [5.74, 6) is -0.539. The van der Waals surface area contributed by atoms with Crippen molar-refractivity contribution in [1.82, 2.24) is 20.0 Å². The number of para-hydroxylation sites is 2. The van der Waals surface area contributed by atoms with Crippen molar-refractivity contribution in [2.45, 2.75) is 77.8 Å². The van der Waals surface area contributed by atoms with Gasteiger partial charge >= 0.3 is 6.03 Å². The molecule has 12 heteroatoms. The van der Waals surface area contributed by atoms with E-state index in [4.69, 9.17) is 22.1 Å². The van der Waals surface area contributed by atoms with E-state index >= 15 is 0 Å². The van der Waals surface area contributed by atoms with Crippen molar-refractivity contribution in [3.05, 3.63) is 89.4 Å². The lowest BCUT2D eigenvalue weighted by atomic mass is 9.88. The summed E-state index contributed by atoms with van der Waals surface area (Å²) in [7, 11) is 1.59. The first-order chi connectivity index (χ1) is 26.2. The van der Waals surface area contributed by atoms with Gasteiger partial charge in [-0.3, -0.25) is 24.2 Å². The number of rotatable bonds is 20. The molecule has 11 nitrogen and oxygen atoms in total. The fourth-order valence-corrected chi connectivity index (χ4v) is 7.20. The predicted molar refractivity (Wildman–Crippen MR) is 215 cm³/mol. The Labute approximate surface area is 325 Å². The van der Waals surface area contributed by atoms with Gasteiger partial charge in [0.05, 0.1) is 25.0 Å². The molecule has 54 heavy (non-hydrogen) atoms. The Balaban J connectivity index is 1.60. The number of hydrogen-bond acceptors (Lipinski definition) is 6. The van der Waals surface area contributed by atoms with Gasteiger partial charge in [-0.05, 0) is 62.1 Å². The van der Waals surface area contributed by atoms with Gasteiger partial charge in [-0.25, -0.2) is 4.79 Å². The molecule has 1 aliphatic heterocycles. The number of halogens is 1. The standard InChI is InChI=1S/C42H57ClN6O5/c1-4-6-13-24-47(25-14-7-5-2)41(52)32-22-26-48(42(53)49(35-18-9-8-10-19-35)36-20-15-17-34(43)29-36)37(28-32)40(51)45-23-27-46(31-39(44)50)30-33-16-11-12-21-38(33)54-3/h8-12,15-21,29,32,37H,4-7,13-14,22-28,30-31H2,1-3H3,(H2,44,50)(H,45,51)/t32-,37-/m0/s1. The topological polar surface area (TPSA) is 129 Å². The number of urea groups is 1. The molecule has 0 radical (unpaired) electrons. The van der Waals surface area contributed by atoms with Gasteiger partial charge in [-0.2, -0.15) is 0 Å². The van der Waals surface area contributed by atoms with Crippen molar-refractivity contribution in [1.29, 1.82) is 0 Å². The van der Waals surface area contributed by atoms with Gasteiger partial charge in [-0.1, -0.05) is 93.6 Å². The van der Waals surface area contributed by atoms with E-state index in [-0.39, 0.29) is 43.9 Å². The molecule has 2 atom stereocenters. The van der Waals surface area contributed by atoms with Crippen molar-refractivity contribution < 1.29 is 23.9 Å². The SMILES string of the molecule is CCCCCN(CCCCC)C(=O)[C@H]1CCN(C(=O)N(c2ccccc2)c2cccc(Cl)c2)[C@H](C(=O)NCCN(CC(N)=O)Cc2ccccc2OC)C1. The molecule has 3 aromatic carbocycles. The predicted octanol–water partition coefficient (Wildman–Crippen LogP) is 7.00. The maximum absolute atomic E-state index is 14.7. The van der Waals surface area contributed by atoms with Crippen LogP contribution in [0.25, 0.3) is 0 Å². The zero-order valence-corrected chi connectivity index (χ0v) is 32.8. The van der Waals surface area contributed by atoms with E-state index in [1.807, 2.05) is 70.5 Å². The number of nitrogens with one attached hydrogen (secondary N) is 1. The molecule has 3 aromatic rings. The van der Waals surface area contributed by atoms with E-state index in [1.54, 1.807) is 35.1 Å². The van der Waals surface area contributed by atoms with E-state index < -0.39 is 17.9 Å². The van der Waals surface area contributed by atoms with Crippen LogP contribution < -0.4 is 20.7 Å². The molecule has 4 rings (SSSR count). The molecule has 5 amide bonds. The molecule has 1 aliphatic rings. The van der Waals surface area contributed by atoms with Crippen LogP contribution in [0, 0.1) is 5.92 Å². The number of anilines is 2. The molecule has 0 saturated carbocycles. The number of likely N-dealkylation sites (tertiary alicyclic amines) is 1. The normalized spacial score (nSPS) is 15.5. The summed E-state index contributed by atoms with van der Waals surface area (Å²) in [6.07, 6.45) is 6.68. The highest BCUT2D eigenvalue weighted by Gasteiger charge is 2.41. The van der Waals surface area contributed by atoms with Crippen LogP contribution in [-0.4, -0.2) is 90.9 Å². The lowest BCUT2D eigenvalue weighted by Crippen LogP contribution is -2.58. The van der Waals surface area contributed by atoms with E-state index in [1.165, 1.54) is 0 Å². The Hall–Kier alpha value is -4.61. The summed E-state index contributed by atoms with van der Waals surface area (Å²) in [6.45, 7) is 6.75. The molecule has 0 spiro atoms. The highest BCUT2D eigenvalue weighted by molar-refractivity contribution is 6.31. The highest BCUT2D eigenvalue weighted by Crippen LogP contribution is 2.33. The Morgan fingerprint density at radius 3 is 2.19 bits per heavy atom. The number of nitrogens with zero attached hydrogens (tertiary/aromatic N) is 4. The number of carbonyl (C=O) groups excluding carboxylic acids is 4. The molecule has 0 unspecified atom stereocenters. The summed E-state index contributed by atoms with van der Waals surface area (Å²) in [5.41, 5.74) is 7.67. The third-order valence-corrected chi connectivity index (χ3v) is 10.1. The molecule has 1 saturated heterocycles. The number of hydrogen-bond donors (Lipinski definition) is 2. The number of primary amides is 1. The average molecular weight is 761 g/mol. The lowest BCUT2D eigenvalue weighted by Gasteiger charge is -2.41. The second kappa shape index (κ2) is 21.9. The fourth-order valence-electron chi connectivity index (χ4n) is 7.02. The number of nitrogens with two attached hydrogens (primary N) is 1. The molecule has 1 fully saturated rings. The molecule has 0 aliphatic carbocycles. The first-order valence-corrected chi connectivity index (χ1v) is 19.6. The molecule has 1 heterocycles. The van der Waals surface area contributed by atoms with Crippen molar-refractivity contribution in [3.63, 3.8) is 0 Å². The van der Waals surface area contributed by atoms with Gasteiger partial charge in [0.2, 0.25) is 17.7 Å². The summed E-state index contributed by atoms with van der Waals surface area (Å²) in [6, 6.07) is 22.5. The Kier molecular flexibility index (Phi) is 17.1. The smallest absolute Gasteiger partial charge is 0.329 e. The highest BCUT2D eigenvalue weighted by atomic mass is 35.5. The fraction of sp³-hybridized carbons (Fsp3) is 0.476. The molecule has 0 bridgehead atoms. The Morgan fingerprint density at radius 1 is 0.870 bits per heavy atom. The number of benzene rings is 3. The van der Waals surface area contributed by atoms with Gasteiger partial charge in [-0.15, -0.1) is 0 Å². The maximum Gasteiger partial charge on any atom is 0.329 e. The second-order valence-corrected chi connectivity index (χ2v) is 14.3. The monoisotopic (exact) mass is 760 g/mol. The Bertz CT molecular complexity index is 1650. The number of piperidine rings is 1. The number of unbranched alkanes of at least 4 members (excludes halogenated alkanes) is 4. The van der Waals surface area contributed by atoms with Crippen LogP contribution >= 0.6 is 11.6 Å². The van der Waals surface area contributed by atoms with Gasteiger partial charge in [0.15, 0.2) is 0 Å². The van der Waals surface area contributed by atoms with Crippen molar-refractivity contribution in [2.24, 2.45) is 11.7 Å². The van der Waals surface area contributed by atoms with Crippen LogP contribution in [0.15, 0.2) is 78.9 Å². The van der Waals surface area contributed by atoms with Gasteiger partial charge in [0.1, 0.15) is 11.8 Å². The molecular formula is C42H57ClN6O5. The van der Waals surface area contributed by atoms with Crippen LogP contribution in [0.2, 0.25) is 5.02 Å². The lowest BCUT2D eigenvalue weighted by molar-refractivity contribution is -0.139. The third-order valence-electron chi connectivity index (χ3n) is 9.84. The number of amides is 5. The van der Waals surface area contributed by atoms with Crippen LogP contribution in [0.4, 0.5) is 16.2 Å². The van der Waals surface area contributed by atoms with Gasteiger partial charge in [0.25, 0.3) is 0 Å². The summed E-state index contributed by atoms with van der Waals surface area (Å²) in [5, 5.41) is 3.50. The molecular weight excluding hydrogens is 704 g/mol. The minimum Gasteiger partial charge on any atom is -0.496 e. The van der Waals surface area contributed by atoms with Crippen LogP contribution in [0.3, 0.4) is 0 Å². The van der Waals surface area contributed by atoms with E-state index in [9.17, 15) is 19.2 Å². The maximum atomic E-state index is 14.7. The number of ether oxygens (including phenoxy) is 1. The van der Waals surface area contributed by atoms with Crippen molar-refractivity contribution >= 4 is 46.7 Å². The summed E-state index contributed by atoms with van der Waals surface area (Å²) in [4.78, 5) is 62.2. The molecule has 0 aromatic heterocycles.